The molecule has 0 N–H and O–H groups in total. The summed E-state index contributed by atoms with van der Waals surface area (Å²) in [7, 11) is 0. The Bertz CT molecular complexity index is 4580. The van der Waals surface area contributed by atoms with Gasteiger partial charge in [-0.1, -0.05) is 340 Å². The van der Waals surface area contributed by atoms with E-state index in [1.54, 1.807) is 45.3 Å². The zero-order valence-electron chi connectivity index (χ0n) is 64.0. The van der Waals surface area contributed by atoms with Crippen molar-refractivity contribution >= 4 is 112 Å². The summed E-state index contributed by atoms with van der Waals surface area (Å²) in [5, 5.41) is 13.1. The number of fused-ring (bicyclic) bond motifs is 5. The minimum Gasteiger partial charge on any atom is -0.306 e. The summed E-state index contributed by atoms with van der Waals surface area (Å²) in [6.45, 7) is 14.6. The van der Waals surface area contributed by atoms with Crippen molar-refractivity contribution in [3.63, 3.8) is 0 Å². The van der Waals surface area contributed by atoms with E-state index in [1.807, 2.05) is 9.80 Å². The summed E-state index contributed by atoms with van der Waals surface area (Å²) < 4.78 is 0. The first-order valence-electron chi connectivity index (χ1n) is 40.7. The molecule has 546 valence electrons. The number of rotatable bonds is 36. The predicted octanol–water partition coefficient (Wildman–Crippen LogP) is 27.3. The molecule has 6 heterocycles. The number of nitrogens with zero attached hydrogens (tertiary/aromatic N) is 2. The summed E-state index contributed by atoms with van der Waals surface area (Å²) in [6.07, 6.45) is 36.9. The van der Waals surface area contributed by atoms with Crippen molar-refractivity contribution < 1.29 is 9.59 Å². The van der Waals surface area contributed by atoms with Gasteiger partial charge in [-0.15, -0.1) is 45.3 Å². The van der Waals surface area contributed by atoms with Crippen molar-refractivity contribution in [1.82, 2.24) is 9.80 Å². The minimum absolute atomic E-state index is 0.0921. The third kappa shape index (κ3) is 18.8. The van der Waals surface area contributed by atoms with Crippen LogP contribution in [0, 0.1) is 59.2 Å². The van der Waals surface area contributed by atoms with Gasteiger partial charge in [-0.05, 0) is 152 Å². The average Bonchev–Trinajstić information content (AvgIpc) is 1.53. The maximum absolute atomic E-state index is 16.0. The molecule has 106 heavy (non-hydrogen) atoms. The van der Waals surface area contributed by atoms with Gasteiger partial charge in [-0.2, -0.15) is 0 Å². The molecule has 6 aromatic carbocycles. The predicted molar refractivity (Wildman–Crippen MR) is 459 cm³/mol. The van der Waals surface area contributed by atoms with Crippen LogP contribution in [0.2, 0.25) is 0 Å². The van der Waals surface area contributed by atoms with Crippen LogP contribution in [0.1, 0.15) is 284 Å². The molecule has 0 saturated heterocycles. The van der Waals surface area contributed by atoms with Gasteiger partial charge in [0, 0.05) is 35.3 Å². The van der Waals surface area contributed by atoms with Crippen LogP contribution >= 0.6 is 45.3 Å². The molecular formula is C98H108N2O2S4. The van der Waals surface area contributed by atoms with Crippen molar-refractivity contribution in [3.8, 4) is 47.4 Å². The van der Waals surface area contributed by atoms with Gasteiger partial charge >= 0.3 is 0 Å². The molecule has 2 atom stereocenters. The molecule has 10 aromatic rings. The first kappa shape index (κ1) is 77.4. The lowest BCUT2D eigenvalue weighted by Crippen LogP contribution is -2.34. The third-order valence-corrected chi connectivity index (χ3v) is 25.8. The molecule has 2 aliphatic rings. The zero-order valence-corrected chi connectivity index (χ0v) is 67.2. The van der Waals surface area contributed by atoms with Gasteiger partial charge in [0.05, 0.1) is 51.8 Å². The van der Waals surface area contributed by atoms with E-state index in [4.69, 9.17) is 0 Å². The van der Waals surface area contributed by atoms with Crippen LogP contribution in [0.5, 0.6) is 0 Å². The highest BCUT2D eigenvalue weighted by molar-refractivity contribution is 7.14. The second-order valence-corrected chi connectivity index (χ2v) is 33.5. The Labute approximate surface area is 650 Å². The lowest BCUT2D eigenvalue weighted by molar-refractivity contribution is -0.124. The van der Waals surface area contributed by atoms with E-state index in [0.29, 0.717) is 24.2 Å². The van der Waals surface area contributed by atoms with E-state index < -0.39 is 0 Å². The van der Waals surface area contributed by atoms with E-state index in [0.717, 1.165) is 170 Å². The minimum atomic E-state index is -0.0921. The standard InChI is InChI=1S/C98H108N2O2S4/c1-7-13-17-19-21-23-25-27-29-31-43-73-65-67-103-89(73)63-59-87-81-49-37-33-45-77(81)85(78-46-34-38-50-82(78)87)57-53-75-55-61-91(105-75)95-93-94(98(102)99(95)69-71(11-5)41-15-9-3)96(100(97(93)101)70-72(12-6)42-16-10-4)92-62-56-76(106-92)54-58-86-79-47-35-39-51-83(79)88(84-52-40-36-48-80(84)86)60-64-90-74(66-68-104-90)44-32-30-28-26-24-22-20-18-14-8-2/h33-40,45-52,55-56,61-62,65-68,71-72H,7-32,41-44,69-70H2,1-6H3. The van der Waals surface area contributed by atoms with E-state index in [2.05, 4.69) is 233 Å². The SMILES string of the molecule is CCCCCCCCCCCCc1ccsc1C#Cc1c2ccccc2c(C#Cc2ccc(C3=C4C(=O)N(CC(CC)CCCC)C(c5ccc(C#Cc6c7ccccc7c(C#Cc7sccc7CCCCCCCCCCCC)c7ccccc67)s5)=C4C(=O)N3CC(CC)CCCC)s2)c2ccccc12. The van der Waals surface area contributed by atoms with Crippen LogP contribution in [0.15, 0.2) is 155 Å². The van der Waals surface area contributed by atoms with Gasteiger partial charge in [-0.25, -0.2) is 0 Å². The maximum atomic E-state index is 16.0. The third-order valence-electron chi connectivity index (χ3n) is 22.0. The molecule has 0 spiro atoms. The Morgan fingerprint density at radius 3 is 0.915 bits per heavy atom. The Hall–Kier alpha value is -8.18. The largest absolute Gasteiger partial charge is 0.306 e. The van der Waals surface area contributed by atoms with Crippen molar-refractivity contribution in [3.05, 3.63) is 218 Å². The van der Waals surface area contributed by atoms with Crippen molar-refractivity contribution in [2.24, 2.45) is 11.8 Å². The maximum Gasteiger partial charge on any atom is 0.261 e. The smallest absolute Gasteiger partial charge is 0.261 e. The molecule has 4 nitrogen and oxygen atoms in total. The quantitative estimate of drug-likeness (QED) is 0.0223. The fraction of sp³-hybridized carbons (Fsp3) is 0.408. The molecule has 4 aromatic heterocycles. The molecule has 2 aliphatic heterocycles. The number of aryl methyl sites for hydroxylation is 2. The number of hydrogen-bond donors (Lipinski definition) is 0. The number of hydrogen-bond acceptors (Lipinski definition) is 6. The summed E-state index contributed by atoms with van der Waals surface area (Å²) in [5.74, 6) is 29.9. The first-order valence-corrected chi connectivity index (χ1v) is 44.0. The molecule has 0 aliphatic carbocycles. The average molecular weight is 1470 g/mol. The van der Waals surface area contributed by atoms with Gasteiger partial charge in [0.25, 0.3) is 11.8 Å². The Morgan fingerprint density at radius 1 is 0.321 bits per heavy atom. The fourth-order valence-corrected chi connectivity index (χ4v) is 19.3. The highest BCUT2D eigenvalue weighted by Crippen LogP contribution is 2.50. The monoisotopic (exact) mass is 1470 g/mol. The number of benzene rings is 6. The molecule has 8 heteroatoms. The topological polar surface area (TPSA) is 40.6 Å². The van der Waals surface area contributed by atoms with Gasteiger partial charge in [0.15, 0.2) is 0 Å². The summed E-state index contributed by atoms with van der Waals surface area (Å²) in [5.41, 5.74) is 9.19. The molecular weight excluding hydrogens is 1370 g/mol. The lowest BCUT2D eigenvalue weighted by Gasteiger charge is -2.29. The van der Waals surface area contributed by atoms with Crippen molar-refractivity contribution in [1.29, 1.82) is 0 Å². The zero-order chi connectivity index (χ0) is 73.4. The summed E-state index contributed by atoms with van der Waals surface area (Å²) in [6, 6.07) is 47.3. The molecule has 0 fully saturated rings. The van der Waals surface area contributed by atoms with Crippen LogP contribution in [0.3, 0.4) is 0 Å². The number of carbonyl (C=O) groups excluding carboxylic acids is 2. The molecule has 0 saturated carbocycles. The van der Waals surface area contributed by atoms with Crippen molar-refractivity contribution in [2.75, 3.05) is 13.1 Å². The Balaban J connectivity index is 0.860. The van der Waals surface area contributed by atoms with E-state index in [9.17, 15) is 0 Å². The number of thiophene rings is 4. The molecule has 0 radical (unpaired) electrons. The normalized spacial score (nSPS) is 13.4. The highest BCUT2D eigenvalue weighted by atomic mass is 32.1. The van der Waals surface area contributed by atoms with Crippen LogP contribution in [0.25, 0.3) is 54.5 Å². The van der Waals surface area contributed by atoms with Gasteiger partial charge < -0.3 is 9.80 Å². The van der Waals surface area contributed by atoms with Crippen LogP contribution < -0.4 is 0 Å². The number of unbranched alkanes of at least 4 members (excludes halogenated alkanes) is 20. The Morgan fingerprint density at radius 2 is 0.613 bits per heavy atom. The number of carbonyl (C=O) groups is 2. The van der Waals surface area contributed by atoms with Gasteiger partial charge in [-0.3, -0.25) is 9.59 Å². The van der Waals surface area contributed by atoms with E-state index in [-0.39, 0.29) is 23.7 Å². The number of amides is 2. The summed E-state index contributed by atoms with van der Waals surface area (Å²) >= 11 is 6.66. The second kappa shape index (κ2) is 39.6. The van der Waals surface area contributed by atoms with E-state index in [1.165, 1.54) is 140 Å². The summed E-state index contributed by atoms with van der Waals surface area (Å²) in [4.78, 5) is 41.7. The lowest BCUT2D eigenvalue weighted by atomic mass is 9.92. The van der Waals surface area contributed by atoms with Gasteiger partial charge in [0.2, 0.25) is 0 Å². The van der Waals surface area contributed by atoms with E-state index >= 15 is 9.59 Å². The fourth-order valence-electron chi connectivity index (χ4n) is 15.8. The van der Waals surface area contributed by atoms with Crippen LogP contribution in [-0.2, 0) is 22.4 Å². The molecule has 12 rings (SSSR count). The second-order valence-electron chi connectivity index (χ2n) is 29.5. The van der Waals surface area contributed by atoms with Crippen LogP contribution in [0.4, 0.5) is 0 Å². The Kier molecular flexibility index (Phi) is 28.9. The molecule has 2 amide bonds. The molecule has 2 unspecified atom stereocenters. The first-order chi connectivity index (χ1) is 52.2. The molecule has 0 bridgehead atoms. The van der Waals surface area contributed by atoms with Crippen molar-refractivity contribution in [2.45, 2.75) is 234 Å². The van der Waals surface area contributed by atoms with Gasteiger partial charge in [0.1, 0.15) is 0 Å². The van der Waals surface area contributed by atoms with Crippen LogP contribution in [-0.4, -0.2) is 34.7 Å². The highest BCUT2D eigenvalue weighted by Gasteiger charge is 2.50.